The van der Waals surface area contributed by atoms with E-state index >= 15 is 0 Å². The molecule has 0 fully saturated rings. The van der Waals surface area contributed by atoms with Gasteiger partial charge in [0.2, 0.25) is 10.0 Å². The smallest absolute Gasteiger partial charge is 0.365 e. The fraction of sp³-hybridized carbons (Fsp3) is 0.148. The molecular formula is C27H23ClN4O3S. The number of benzene rings is 3. The highest BCUT2D eigenvalue weighted by Crippen LogP contribution is 2.48. The van der Waals surface area contributed by atoms with Crippen molar-refractivity contribution in [3.63, 3.8) is 0 Å². The van der Waals surface area contributed by atoms with Crippen molar-refractivity contribution in [2.45, 2.75) is 11.9 Å². The quantitative estimate of drug-likeness (QED) is 0.378. The summed E-state index contributed by atoms with van der Waals surface area (Å²) >= 11 is 7.39. The molecule has 3 aromatic carbocycles. The minimum atomic E-state index is -0.992. The minimum absolute atomic E-state index is 0.239. The van der Waals surface area contributed by atoms with Crippen LogP contribution in [0.4, 0.5) is 11.4 Å². The number of rotatable bonds is 6. The van der Waals surface area contributed by atoms with Crippen molar-refractivity contribution in [3.05, 3.63) is 102 Å². The molecule has 9 heteroatoms. The Balaban J connectivity index is 1.64. The molecule has 2 aliphatic heterocycles. The summed E-state index contributed by atoms with van der Waals surface area (Å²) in [6, 6.07) is 24.8. The second kappa shape index (κ2) is 10.1. The van der Waals surface area contributed by atoms with Crippen LogP contribution in [-0.2, 0) is 9.53 Å². The van der Waals surface area contributed by atoms with Gasteiger partial charge in [0.25, 0.3) is 0 Å². The van der Waals surface area contributed by atoms with Gasteiger partial charge in [0.15, 0.2) is 0 Å². The van der Waals surface area contributed by atoms with Crippen LogP contribution in [0.3, 0.4) is 0 Å². The molecule has 0 aromatic heterocycles. The Kier molecular flexibility index (Phi) is 6.71. The lowest BCUT2D eigenvalue weighted by molar-refractivity contribution is -0.134. The molecule has 36 heavy (non-hydrogen) atoms. The van der Waals surface area contributed by atoms with Crippen molar-refractivity contribution < 1.29 is 14.3 Å². The summed E-state index contributed by atoms with van der Waals surface area (Å²) in [6.07, 6.45) is 3.94. The maximum absolute atomic E-state index is 12.8. The van der Waals surface area contributed by atoms with E-state index < -0.39 is 11.0 Å². The number of carbonyl (C=O) groups is 1. The molecule has 0 saturated heterocycles. The lowest BCUT2D eigenvalue weighted by atomic mass is 10.1. The zero-order chi connectivity index (χ0) is 25.1. The summed E-state index contributed by atoms with van der Waals surface area (Å²) in [4.78, 5) is 11.8. The van der Waals surface area contributed by atoms with Gasteiger partial charge in [0.05, 0.1) is 30.8 Å². The van der Waals surface area contributed by atoms with E-state index in [1.54, 1.807) is 19.0 Å². The number of allylic oxidation sites excluding steroid dienone is 1. The molecule has 0 bridgehead atoms. The van der Waals surface area contributed by atoms with Gasteiger partial charge in [-0.2, -0.15) is 10.2 Å². The van der Waals surface area contributed by atoms with Gasteiger partial charge in [-0.1, -0.05) is 41.9 Å². The van der Waals surface area contributed by atoms with E-state index in [-0.39, 0.29) is 11.7 Å². The number of halogens is 1. The predicted octanol–water partition coefficient (Wildman–Crippen LogP) is 5.91. The molecule has 1 atom stereocenters. The van der Waals surface area contributed by atoms with Crippen LogP contribution in [0.2, 0.25) is 5.02 Å². The first kappa shape index (κ1) is 24.0. The van der Waals surface area contributed by atoms with Crippen molar-refractivity contribution in [2.75, 3.05) is 23.7 Å². The Labute approximate surface area is 218 Å². The summed E-state index contributed by atoms with van der Waals surface area (Å²) in [6.45, 7) is 2.03. The lowest BCUT2D eigenvalue weighted by Gasteiger charge is -2.43. The van der Waals surface area contributed by atoms with Crippen LogP contribution >= 0.6 is 23.4 Å². The second-order valence-corrected chi connectivity index (χ2v) is 9.50. The van der Waals surface area contributed by atoms with Crippen molar-refractivity contribution in [2.24, 2.45) is 10.2 Å². The number of para-hydroxylation sites is 1. The molecule has 2 aliphatic rings. The number of methoxy groups -OCH3 is 1. The number of carbonyl (C=O) groups excluding carboxylic acids is 1. The molecule has 0 N–H and O–H groups in total. The molecule has 3 aromatic rings. The summed E-state index contributed by atoms with van der Waals surface area (Å²) in [5, 5.41) is 14.3. The third-order valence-electron chi connectivity index (χ3n) is 5.62. The fourth-order valence-corrected chi connectivity index (χ4v) is 5.18. The molecule has 0 saturated carbocycles. The Morgan fingerprint density at radius 3 is 2.28 bits per heavy atom. The first-order valence-electron chi connectivity index (χ1n) is 11.3. The zero-order valence-corrected chi connectivity index (χ0v) is 21.2. The Morgan fingerprint density at radius 2 is 1.61 bits per heavy atom. The van der Waals surface area contributed by atoms with Crippen molar-refractivity contribution in [3.8, 4) is 5.75 Å². The number of nitrogens with zero attached hydrogens (tertiary/aromatic N) is 4. The molecule has 2 heterocycles. The molecule has 0 radical (unpaired) electrons. The SMILES string of the molecule is CCOC(=O)C1=NN(c2ccc(OC)cc2)[C@@]2(C=CC(c3ccc(Cl)cc3)=NN2c2ccccc2)S1. The average Bonchev–Trinajstić information content (AvgIpc) is 3.30. The van der Waals surface area contributed by atoms with Crippen LogP contribution in [0, 0.1) is 0 Å². The molecule has 7 nitrogen and oxygen atoms in total. The Hall–Kier alpha value is -3.75. The summed E-state index contributed by atoms with van der Waals surface area (Å²) in [5.74, 6) is 0.239. The third kappa shape index (κ3) is 4.45. The van der Waals surface area contributed by atoms with Gasteiger partial charge in [-0.3, -0.25) is 0 Å². The highest BCUT2D eigenvalue weighted by molar-refractivity contribution is 8.17. The molecule has 0 unspecified atom stereocenters. The molecular weight excluding hydrogens is 496 g/mol. The van der Waals surface area contributed by atoms with Crippen molar-refractivity contribution >= 4 is 51.5 Å². The Morgan fingerprint density at radius 1 is 0.944 bits per heavy atom. The maximum Gasteiger partial charge on any atom is 0.365 e. The van der Waals surface area contributed by atoms with Crippen LogP contribution in [0.1, 0.15) is 12.5 Å². The van der Waals surface area contributed by atoms with Gasteiger partial charge in [-0.25, -0.2) is 14.8 Å². The van der Waals surface area contributed by atoms with E-state index in [2.05, 4.69) is 0 Å². The molecule has 0 amide bonds. The molecule has 182 valence electrons. The van der Waals surface area contributed by atoms with E-state index in [4.69, 9.17) is 31.3 Å². The van der Waals surface area contributed by atoms with Crippen molar-refractivity contribution in [1.82, 2.24) is 0 Å². The first-order valence-corrected chi connectivity index (χ1v) is 12.5. The summed E-state index contributed by atoms with van der Waals surface area (Å²) in [5.41, 5.74) is 3.26. The average molecular weight is 519 g/mol. The van der Waals surface area contributed by atoms with Crippen molar-refractivity contribution in [1.29, 1.82) is 0 Å². The summed E-state index contributed by atoms with van der Waals surface area (Å²) < 4.78 is 10.6. The van der Waals surface area contributed by atoms with Crippen LogP contribution in [-0.4, -0.2) is 35.4 Å². The second-order valence-electron chi connectivity index (χ2n) is 7.87. The predicted molar refractivity (Wildman–Crippen MR) is 146 cm³/mol. The van der Waals surface area contributed by atoms with Crippen LogP contribution < -0.4 is 14.8 Å². The number of hydrazone groups is 2. The van der Waals surface area contributed by atoms with Gasteiger partial charge in [-0.05, 0) is 79.4 Å². The number of thioether (sulfide) groups is 1. The third-order valence-corrected chi connectivity index (χ3v) is 7.09. The Bertz CT molecular complexity index is 1340. The highest BCUT2D eigenvalue weighted by atomic mass is 35.5. The fourth-order valence-electron chi connectivity index (χ4n) is 3.90. The normalized spacial score (nSPS) is 18.8. The number of anilines is 2. The van der Waals surface area contributed by atoms with E-state index in [1.807, 2.05) is 96.0 Å². The number of hydrogen-bond donors (Lipinski definition) is 0. The topological polar surface area (TPSA) is 66.7 Å². The molecule has 1 spiro atoms. The molecule has 5 rings (SSSR count). The van der Waals surface area contributed by atoms with Crippen LogP contribution in [0.5, 0.6) is 5.75 Å². The van der Waals surface area contributed by atoms with Crippen LogP contribution in [0.25, 0.3) is 0 Å². The van der Waals surface area contributed by atoms with E-state index in [0.717, 1.165) is 28.4 Å². The van der Waals surface area contributed by atoms with E-state index in [9.17, 15) is 4.79 Å². The van der Waals surface area contributed by atoms with Gasteiger partial charge in [0.1, 0.15) is 5.75 Å². The van der Waals surface area contributed by atoms with Gasteiger partial charge in [-0.15, -0.1) is 0 Å². The number of hydrogen-bond acceptors (Lipinski definition) is 8. The maximum atomic E-state index is 12.8. The minimum Gasteiger partial charge on any atom is -0.497 e. The largest absolute Gasteiger partial charge is 0.497 e. The van der Waals surface area contributed by atoms with Gasteiger partial charge < -0.3 is 9.47 Å². The zero-order valence-electron chi connectivity index (χ0n) is 19.7. The monoisotopic (exact) mass is 518 g/mol. The highest BCUT2D eigenvalue weighted by Gasteiger charge is 2.51. The van der Waals surface area contributed by atoms with Gasteiger partial charge >= 0.3 is 5.97 Å². The van der Waals surface area contributed by atoms with E-state index in [0.29, 0.717) is 5.02 Å². The number of ether oxygens (including phenoxy) is 2. The van der Waals surface area contributed by atoms with Crippen LogP contribution in [0.15, 0.2) is 101 Å². The van der Waals surface area contributed by atoms with Gasteiger partial charge in [0, 0.05) is 10.6 Å². The summed E-state index contributed by atoms with van der Waals surface area (Å²) in [7, 11) is 1.62. The standard InChI is InChI=1S/C27H23ClN4O3S/c1-3-35-26(33)25-30-32(22-13-15-23(34-2)16-14-22)27(36-25)18-17-24(19-9-11-20(28)12-10-19)29-31(27)21-7-5-4-6-8-21/h4-18H,3H2,1-2H3/t27-/m0/s1. The van der Waals surface area contributed by atoms with E-state index in [1.165, 1.54) is 11.8 Å². The number of esters is 1. The lowest BCUT2D eigenvalue weighted by Crippen LogP contribution is -2.53. The molecule has 0 aliphatic carbocycles. The first-order chi connectivity index (χ1) is 17.5.